The van der Waals surface area contributed by atoms with Gasteiger partial charge in [-0.15, -0.1) is 0 Å². The second kappa shape index (κ2) is 11.4. The second-order valence-electron chi connectivity index (χ2n) is 7.33. The highest BCUT2D eigenvalue weighted by Crippen LogP contribution is 2.36. The molecular weight excluding hydrogens is 358 g/mol. The number of rotatable bonds is 9. The van der Waals surface area contributed by atoms with Gasteiger partial charge < -0.3 is 9.64 Å². The molecule has 1 aromatic rings. The van der Waals surface area contributed by atoms with Crippen molar-refractivity contribution in [3.05, 3.63) is 28.8 Å². The Morgan fingerprint density at radius 2 is 1.67 bits per heavy atom. The highest BCUT2D eigenvalue weighted by atomic mass is 32.2. The predicted molar refractivity (Wildman–Crippen MR) is 114 cm³/mol. The predicted octanol–water partition coefficient (Wildman–Crippen LogP) is 6.44. The first kappa shape index (κ1) is 23.5. The van der Waals surface area contributed by atoms with E-state index in [1.54, 1.807) is 4.90 Å². The number of benzene rings is 1. The highest BCUT2D eigenvalue weighted by molar-refractivity contribution is 8.13. The van der Waals surface area contributed by atoms with Gasteiger partial charge >= 0.3 is 5.97 Å². The zero-order valence-corrected chi connectivity index (χ0v) is 18.7. The van der Waals surface area contributed by atoms with Crippen molar-refractivity contribution < 1.29 is 14.3 Å². The van der Waals surface area contributed by atoms with Gasteiger partial charge in [0, 0.05) is 18.0 Å². The van der Waals surface area contributed by atoms with Gasteiger partial charge in [-0.25, -0.2) is 4.79 Å². The van der Waals surface area contributed by atoms with Crippen molar-refractivity contribution in [3.8, 4) is 0 Å². The third-order valence-electron chi connectivity index (χ3n) is 4.59. The lowest BCUT2D eigenvalue weighted by Gasteiger charge is -2.22. The molecule has 1 amide bonds. The maximum Gasteiger partial charge on any atom is 0.339 e. The first-order chi connectivity index (χ1) is 12.8. The Balaban J connectivity index is 3.41. The van der Waals surface area contributed by atoms with Crippen LogP contribution < -0.4 is 0 Å². The van der Waals surface area contributed by atoms with Crippen molar-refractivity contribution in [2.24, 2.45) is 0 Å². The molecule has 0 aliphatic rings. The largest absolute Gasteiger partial charge is 0.462 e. The summed E-state index contributed by atoms with van der Waals surface area (Å²) in [5.41, 5.74) is 2.65. The van der Waals surface area contributed by atoms with E-state index in [2.05, 4.69) is 40.7 Å². The van der Waals surface area contributed by atoms with Crippen LogP contribution in [0.5, 0.6) is 0 Å². The molecule has 0 atom stereocenters. The van der Waals surface area contributed by atoms with Crippen LogP contribution in [0.1, 0.15) is 94.6 Å². The number of esters is 1. The Hall–Kier alpha value is -1.49. The zero-order valence-electron chi connectivity index (χ0n) is 17.9. The van der Waals surface area contributed by atoms with Crippen molar-refractivity contribution in [1.29, 1.82) is 0 Å². The summed E-state index contributed by atoms with van der Waals surface area (Å²) < 4.78 is 5.50. The molecule has 0 aliphatic carbocycles. The van der Waals surface area contributed by atoms with Crippen LogP contribution in [0.2, 0.25) is 0 Å². The van der Waals surface area contributed by atoms with Gasteiger partial charge in [-0.1, -0.05) is 47.1 Å². The molecule has 0 N–H and O–H groups in total. The minimum atomic E-state index is -0.331. The van der Waals surface area contributed by atoms with Crippen LogP contribution in [0.4, 0.5) is 4.79 Å². The molecular formula is C22H35NO3S. The summed E-state index contributed by atoms with van der Waals surface area (Å²) >= 11 is 1.16. The number of hydrogen-bond acceptors (Lipinski definition) is 4. The second-order valence-corrected chi connectivity index (χ2v) is 8.29. The normalized spacial score (nSPS) is 11.1. The first-order valence-corrected chi connectivity index (χ1v) is 10.9. The van der Waals surface area contributed by atoms with Crippen LogP contribution in [0.25, 0.3) is 0 Å². The molecule has 0 bridgehead atoms. The molecule has 0 aliphatic heterocycles. The Morgan fingerprint density at radius 1 is 1.04 bits per heavy atom. The fourth-order valence-electron chi connectivity index (χ4n) is 2.72. The Bertz CT molecular complexity index is 637. The lowest BCUT2D eigenvalue weighted by atomic mass is 9.93. The molecule has 0 heterocycles. The van der Waals surface area contributed by atoms with Crippen LogP contribution >= 0.6 is 11.8 Å². The number of hydrogen-bond donors (Lipinski definition) is 0. The molecule has 4 nitrogen and oxygen atoms in total. The van der Waals surface area contributed by atoms with Gasteiger partial charge in [0.25, 0.3) is 5.24 Å². The Kier molecular flexibility index (Phi) is 9.92. The number of thioether (sulfide) groups is 1. The van der Waals surface area contributed by atoms with Crippen molar-refractivity contribution >= 4 is 23.0 Å². The average Bonchev–Trinajstić information content (AvgIpc) is 2.62. The van der Waals surface area contributed by atoms with E-state index in [4.69, 9.17) is 4.74 Å². The molecule has 0 saturated heterocycles. The van der Waals surface area contributed by atoms with Crippen molar-refractivity contribution in [2.45, 2.75) is 78.0 Å². The average molecular weight is 394 g/mol. The van der Waals surface area contributed by atoms with E-state index < -0.39 is 0 Å². The van der Waals surface area contributed by atoms with Crippen molar-refractivity contribution in [2.75, 3.05) is 19.7 Å². The maximum atomic E-state index is 12.8. The monoisotopic (exact) mass is 393 g/mol. The lowest BCUT2D eigenvalue weighted by molar-refractivity contribution is 0.0495. The van der Waals surface area contributed by atoms with E-state index in [-0.39, 0.29) is 17.1 Å². The number of unbranched alkanes of at least 4 members (excludes halogenated alkanes) is 1. The molecule has 27 heavy (non-hydrogen) atoms. The molecule has 0 fully saturated rings. The summed E-state index contributed by atoms with van der Waals surface area (Å²) in [6, 6.07) is 4.04. The number of carbonyl (C=O) groups excluding carboxylic acids is 2. The van der Waals surface area contributed by atoms with Gasteiger partial charge in [0.05, 0.1) is 12.2 Å². The zero-order chi connectivity index (χ0) is 20.6. The smallest absolute Gasteiger partial charge is 0.339 e. The number of carbonyl (C=O) groups is 2. The van der Waals surface area contributed by atoms with Crippen molar-refractivity contribution in [3.63, 3.8) is 0 Å². The summed E-state index contributed by atoms with van der Waals surface area (Å²) in [4.78, 5) is 28.1. The molecule has 0 unspecified atom stereocenters. The van der Waals surface area contributed by atoms with Gasteiger partial charge in [0.2, 0.25) is 0 Å². The summed E-state index contributed by atoms with van der Waals surface area (Å²) in [5, 5.41) is -0.0261. The summed E-state index contributed by atoms with van der Waals surface area (Å²) in [6.07, 6.45) is 1.81. The van der Waals surface area contributed by atoms with Crippen LogP contribution in [0.15, 0.2) is 17.0 Å². The van der Waals surface area contributed by atoms with E-state index in [0.717, 1.165) is 40.6 Å². The third-order valence-corrected chi connectivity index (χ3v) is 5.68. The van der Waals surface area contributed by atoms with Gasteiger partial charge in [-0.05, 0) is 61.1 Å². The van der Waals surface area contributed by atoms with Gasteiger partial charge in [-0.3, -0.25) is 4.79 Å². The molecule has 152 valence electrons. The summed E-state index contributed by atoms with van der Waals surface area (Å²) in [6.45, 7) is 16.1. The van der Waals surface area contributed by atoms with Crippen LogP contribution in [-0.4, -0.2) is 35.8 Å². The van der Waals surface area contributed by atoms with Crippen molar-refractivity contribution in [1.82, 2.24) is 4.90 Å². The van der Waals surface area contributed by atoms with Crippen LogP contribution in [-0.2, 0) is 4.74 Å². The number of ether oxygens (including phenoxy) is 1. The van der Waals surface area contributed by atoms with Crippen LogP contribution in [0, 0.1) is 0 Å². The molecule has 1 rings (SSSR count). The fourth-order valence-corrected chi connectivity index (χ4v) is 3.95. The molecule has 5 heteroatoms. The van der Waals surface area contributed by atoms with Gasteiger partial charge in [0.15, 0.2) is 0 Å². The molecule has 1 aromatic carbocycles. The topological polar surface area (TPSA) is 46.6 Å². The summed E-state index contributed by atoms with van der Waals surface area (Å²) in [7, 11) is 0. The Labute approximate surface area is 169 Å². The quantitative estimate of drug-likeness (QED) is 0.275. The lowest BCUT2D eigenvalue weighted by Crippen LogP contribution is -2.27. The van der Waals surface area contributed by atoms with Gasteiger partial charge in [0.1, 0.15) is 0 Å². The van der Waals surface area contributed by atoms with Crippen LogP contribution in [0.3, 0.4) is 0 Å². The summed E-state index contributed by atoms with van der Waals surface area (Å²) in [5.74, 6) is 0.169. The molecule has 0 saturated carbocycles. The number of amides is 1. The van der Waals surface area contributed by atoms with E-state index >= 15 is 0 Å². The van der Waals surface area contributed by atoms with E-state index in [1.165, 1.54) is 0 Å². The maximum absolute atomic E-state index is 12.8. The SMILES string of the molecule is CCCCOC(=O)c1cc(C(C)C)cc(C(C)C)c1SC(=O)N(CC)CC. The van der Waals surface area contributed by atoms with E-state index in [9.17, 15) is 9.59 Å². The molecule has 0 spiro atoms. The fraction of sp³-hybridized carbons (Fsp3) is 0.636. The molecule has 0 radical (unpaired) electrons. The highest BCUT2D eigenvalue weighted by Gasteiger charge is 2.24. The van der Waals surface area contributed by atoms with Gasteiger partial charge in [-0.2, -0.15) is 0 Å². The standard InChI is InChI=1S/C22H35NO3S/c1-8-11-12-26-21(24)19-14-17(15(4)5)13-18(16(6)7)20(19)27-22(25)23(9-2)10-3/h13-16H,8-12H2,1-7H3. The minimum absolute atomic E-state index is 0.0261. The minimum Gasteiger partial charge on any atom is -0.462 e. The number of nitrogens with zero attached hydrogens (tertiary/aromatic N) is 1. The van der Waals surface area contributed by atoms with E-state index in [0.29, 0.717) is 31.2 Å². The van der Waals surface area contributed by atoms with E-state index in [1.807, 2.05) is 19.9 Å². The third kappa shape index (κ3) is 6.56. The first-order valence-electron chi connectivity index (χ1n) is 10.1. The Morgan fingerprint density at radius 3 is 2.15 bits per heavy atom. The molecule has 0 aromatic heterocycles.